The number of nitrogens with one attached hydrogen (secondary N) is 1. The van der Waals surface area contributed by atoms with E-state index >= 15 is 0 Å². The van der Waals surface area contributed by atoms with Crippen LogP contribution in [0, 0.1) is 0 Å². The smallest absolute Gasteiger partial charge is 0.360 e. The SMILES string of the molecule is CCNC(=O)CCn1nnc(C(=O)OCC)c1C(C)C. The highest BCUT2D eigenvalue weighted by atomic mass is 16.5. The van der Waals surface area contributed by atoms with Crippen molar-refractivity contribution in [3.63, 3.8) is 0 Å². The molecule has 0 aromatic carbocycles. The van der Waals surface area contributed by atoms with Crippen LogP contribution < -0.4 is 5.32 Å². The molecule has 1 amide bonds. The summed E-state index contributed by atoms with van der Waals surface area (Å²) in [4.78, 5) is 23.3. The second-order valence-corrected chi connectivity index (χ2v) is 4.63. The predicted octanol–water partition coefficient (Wildman–Crippen LogP) is 1.10. The number of rotatable bonds is 7. The van der Waals surface area contributed by atoms with Gasteiger partial charge in [-0.3, -0.25) is 4.79 Å². The van der Waals surface area contributed by atoms with Gasteiger partial charge >= 0.3 is 5.97 Å². The average Bonchev–Trinajstić information content (AvgIpc) is 2.81. The van der Waals surface area contributed by atoms with E-state index in [0.717, 1.165) is 0 Å². The first kappa shape index (κ1) is 16.1. The summed E-state index contributed by atoms with van der Waals surface area (Å²) < 4.78 is 6.57. The molecule has 0 saturated heterocycles. The molecule has 0 atom stereocenters. The van der Waals surface area contributed by atoms with Crippen molar-refractivity contribution < 1.29 is 14.3 Å². The number of nitrogens with zero attached hydrogens (tertiary/aromatic N) is 3. The lowest BCUT2D eigenvalue weighted by Crippen LogP contribution is -2.24. The van der Waals surface area contributed by atoms with E-state index in [1.165, 1.54) is 0 Å². The Balaban J connectivity index is 2.86. The van der Waals surface area contributed by atoms with Crippen LogP contribution >= 0.6 is 0 Å². The maximum atomic E-state index is 11.8. The molecule has 1 aromatic heterocycles. The Hall–Kier alpha value is -1.92. The van der Waals surface area contributed by atoms with Crippen LogP contribution in [-0.4, -0.2) is 40.0 Å². The van der Waals surface area contributed by atoms with Gasteiger partial charge in [-0.25, -0.2) is 9.48 Å². The fraction of sp³-hybridized carbons (Fsp3) is 0.692. The highest BCUT2D eigenvalue weighted by Gasteiger charge is 2.23. The summed E-state index contributed by atoms with van der Waals surface area (Å²) in [5.74, 6) is -0.450. The predicted molar refractivity (Wildman–Crippen MR) is 73.4 cm³/mol. The molecule has 0 unspecified atom stereocenters. The van der Waals surface area contributed by atoms with Crippen LogP contribution in [-0.2, 0) is 16.1 Å². The second kappa shape index (κ2) is 7.62. The summed E-state index contributed by atoms with van der Waals surface area (Å²) in [6, 6.07) is 0. The van der Waals surface area contributed by atoms with Crippen molar-refractivity contribution in [1.82, 2.24) is 20.3 Å². The lowest BCUT2D eigenvalue weighted by Gasteiger charge is -2.10. The number of hydrogen-bond acceptors (Lipinski definition) is 5. The molecule has 0 bridgehead atoms. The van der Waals surface area contributed by atoms with Crippen LogP contribution in [0.1, 0.15) is 56.2 Å². The summed E-state index contributed by atoms with van der Waals surface area (Å²) in [5.41, 5.74) is 0.936. The number of amides is 1. The van der Waals surface area contributed by atoms with Gasteiger partial charge in [-0.1, -0.05) is 19.1 Å². The summed E-state index contributed by atoms with van der Waals surface area (Å²) in [6.07, 6.45) is 0.305. The fourth-order valence-electron chi connectivity index (χ4n) is 1.89. The van der Waals surface area contributed by atoms with Crippen LogP contribution in [0.3, 0.4) is 0 Å². The van der Waals surface area contributed by atoms with Crippen molar-refractivity contribution in [2.75, 3.05) is 13.2 Å². The zero-order valence-electron chi connectivity index (χ0n) is 12.5. The first-order valence-corrected chi connectivity index (χ1v) is 6.88. The van der Waals surface area contributed by atoms with Gasteiger partial charge in [0.2, 0.25) is 5.91 Å². The highest BCUT2D eigenvalue weighted by molar-refractivity contribution is 5.88. The molecular weight excluding hydrogens is 260 g/mol. The minimum atomic E-state index is -0.472. The van der Waals surface area contributed by atoms with E-state index in [1.54, 1.807) is 11.6 Å². The quantitative estimate of drug-likeness (QED) is 0.757. The highest BCUT2D eigenvalue weighted by Crippen LogP contribution is 2.18. The van der Waals surface area contributed by atoms with Crippen molar-refractivity contribution >= 4 is 11.9 Å². The first-order chi connectivity index (χ1) is 9.51. The molecule has 0 fully saturated rings. The van der Waals surface area contributed by atoms with E-state index < -0.39 is 5.97 Å². The number of aryl methyl sites for hydroxylation is 1. The normalized spacial score (nSPS) is 10.7. The average molecular weight is 282 g/mol. The van der Waals surface area contributed by atoms with Crippen molar-refractivity contribution in [3.05, 3.63) is 11.4 Å². The molecule has 7 heteroatoms. The van der Waals surface area contributed by atoms with Gasteiger partial charge in [-0.2, -0.15) is 0 Å². The van der Waals surface area contributed by atoms with Gasteiger partial charge in [0.15, 0.2) is 5.69 Å². The summed E-state index contributed by atoms with van der Waals surface area (Å²) in [5, 5.41) is 10.6. The lowest BCUT2D eigenvalue weighted by atomic mass is 10.1. The van der Waals surface area contributed by atoms with Crippen LogP contribution in [0.4, 0.5) is 0 Å². The first-order valence-electron chi connectivity index (χ1n) is 6.88. The molecule has 0 aliphatic rings. The molecule has 1 aromatic rings. The molecule has 0 spiro atoms. The molecular formula is C13H22N4O3. The molecule has 20 heavy (non-hydrogen) atoms. The lowest BCUT2D eigenvalue weighted by molar-refractivity contribution is -0.121. The third kappa shape index (κ3) is 4.04. The minimum absolute atomic E-state index is 0.0459. The number of ether oxygens (including phenoxy) is 1. The maximum absolute atomic E-state index is 11.8. The zero-order chi connectivity index (χ0) is 15.1. The van der Waals surface area contributed by atoms with Gasteiger partial charge in [0.05, 0.1) is 18.8 Å². The standard InChI is InChI=1S/C13H22N4O3/c1-5-14-10(18)7-8-17-12(9(3)4)11(15-16-17)13(19)20-6-2/h9H,5-8H2,1-4H3,(H,14,18). The third-order valence-electron chi connectivity index (χ3n) is 2.71. The molecule has 7 nitrogen and oxygen atoms in total. The van der Waals surface area contributed by atoms with Crippen LogP contribution in [0.15, 0.2) is 0 Å². The Morgan fingerprint density at radius 1 is 1.35 bits per heavy atom. The van der Waals surface area contributed by atoms with E-state index in [4.69, 9.17) is 4.74 Å². The Kier molecular flexibility index (Phi) is 6.14. The topological polar surface area (TPSA) is 86.1 Å². The number of carbonyl (C=O) groups excluding carboxylic acids is 2. The Morgan fingerprint density at radius 3 is 2.60 bits per heavy atom. The van der Waals surface area contributed by atoms with Crippen LogP contribution in [0.5, 0.6) is 0 Å². The number of hydrogen-bond donors (Lipinski definition) is 1. The van der Waals surface area contributed by atoms with Gasteiger partial charge in [-0.15, -0.1) is 5.10 Å². The molecule has 0 saturated carbocycles. The molecule has 1 heterocycles. The second-order valence-electron chi connectivity index (χ2n) is 4.63. The third-order valence-corrected chi connectivity index (χ3v) is 2.71. The molecule has 112 valence electrons. The molecule has 0 aliphatic heterocycles. The Morgan fingerprint density at radius 2 is 2.05 bits per heavy atom. The summed E-state index contributed by atoms with van der Waals surface area (Å²) in [6.45, 7) is 8.79. The van der Waals surface area contributed by atoms with Crippen LogP contribution in [0.25, 0.3) is 0 Å². The fourth-order valence-corrected chi connectivity index (χ4v) is 1.89. The van der Waals surface area contributed by atoms with E-state index in [9.17, 15) is 9.59 Å². The largest absolute Gasteiger partial charge is 0.461 e. The van der Waals surface area contributed by atoms with Crippen LogP contribution in [0.2, 0.25) is 0 Å². The van der Waals surface area contributed by atoms with Gasteiger partial charge in [0, 0.05) is 13.0 Å². The van der Waals surface area contributed by atoms with Gasteiger partial charge < -0.3 is 10.1 Å². The van der Waals surface area contributed by atoms with Crippen molar-refractivity contribution in [2.24, 2.45) is 0 Å². The molecule has 0 aliphatic carbocycles. The number of aromatic nitrogens is 3. The minimum Gasteiger partial charge on any atom is -0.461 e. The van der Waals surface area contributed by atoms with Gasteiger partial charge in [0.25, 0.3) is 0 Å². The molecule has 0 radical (unpaired) electrons. The van der Waals surface area contributed by atoms with Gasteiger partial charge in [-0.05, 0) is 19.8 Å². The van der Waals surface area contributed by atoms with E-state index in [1.807, 2.05) is 20.8 Å². The Labute approximate surface area is 118 Å². The number of esters is 1. The van der Waals surface area contributed by atoms with Crippen molar-refractivity contribution in [3.8, 4) is 0 Å². The van der Waals surface area contributed by atoms with Gasteiger partial charge in [0.1, 0.15) is 0 Å². The van der Waals surface area contributed by atoms with E-state index in [-0.39, 0.29) is 17.5 Å². The zero-order valence-corrected chi connectivity index (χ0v) is 12.5. The van der Waals surface area contributed by atoms with E-state index in [0.29, 0.717) is 31.8 Å². The monoisotopic (exact) mass is 282 g/mol. The molecule has 1 N–H and O–H groups in total. The summed E-state index contributed by atoms with van der Waals surface area (Å²) in [7, 11) is 0. The molecule has 1 rings (SSSR count). The summed E-state index contributed by atoms with van der Waals surface area (Å²) >= 11 is 0. The Bertz CT molecular complexity index is 468. The van der Waals surface area contributed by atoms with Crippen molar-refractivity contribution in [1.29, 1.82) is 0 Å². The maximum Gasteiger partial charge on any atom is 0.360 e. The van der Waals surface area contributed by atoms with E-state index in [2.05, 4.69) is 15.6 Å². The number of carbonyl (C=O) groups is 2. The van der Waals surface area contributed by atoms with Crippen molar-refractivity contribution in [2.45, 2.75) is 46.6 Å².